The molecule has 0 aromatic carbocycles. The number of ether oxygens (including phenoxy) is 8. The lowest BCUT2D eigenvalue weighted by molar-refractivity contribution is -0.317. The van der Waals surface area contributed by atoms with Gasteiger partial charge in [0.2, 0.25) is 0 Å². The van der Waals surface area contributed by atoms with Gasteiger partial charge in [-0.2, -0.15) is 4.91 Å². The molecule has 3 heterocycles. The van der Waals surface area contributed by atoms with Gasteiger partial charge in [-0.15, -0.1) is 0 Å². The highest BCUT2D eigenvalue weighted by Gasteiger charge is 2.54. The summed E-state index contributed by atoms with van der Waals surface area (Å²) in [6.07, 6.45) is 6.85. The van der Waals surface area contributed by atoms with Crippen molar-refractivity contribution >= 4 is 11.8 Å². The molecule has 53 heavy (non-hydrogen) atoms. The monoisotopic (exact) mass is 745 g/mol. The Balaban J connectivity index is 1.23. The van der Waals surface area contributed by atoms with E-state index in [1.165, 1.54) is 5.57 Å². The number of allylic oxidation sites excluding steroid dienone is 4. The zero-order chi connectivity index (χ0) is 38.0. The van der Waals surface area contributed by atoms with Gasteiger partial charge in [0.1, 0.15) is 30.5 Å². The number of cyclic esters (lactones) is 1. The van der Waals surface area contributed by atoms with Crippen molar-refractivity contribution in [3.8, 4) is 0 Å². The highest BCUT2D eigenvalue weighted by atomic mass is 16.7. The molecule has 0 aromatic heterocycles. The van der Waals surface area contributed by atoms with Crippen LogP contribution in [-0.2, 0) is 47.5 Å². The van der Waals surface area contributed by atoms with Gasteiger partial charge in [-0.1, -0.05) is 36.7 Å². The maximum absolute atomic E-state index is 14.7. The lowest BCUT2D eigenvalue weighted by Crippen LogP contribution is -2.60. The Hall–Kier alpha value is -2.06. The first-order chi connectivity index (χ1) is 25.5. The van der Waals surface area contributed by atoms with Crippen molar-refractivity contribution < 1.29 is 47.5 Å². The highest BCUT2D eigenvalue weighted by molar-refractivity contribution is 5.99. The van der Waals surface area contributed by atoms with Crippen LogP contribution in [0, 0.1) is 40.4 Å². The summed E-state index contributed by atoms with van der Waals surface area (Å²) in [5.74, 6) is -0.305. The van der Waals surface area contributed by atoms with Crippen molar-refractivity contribution in [3.63, 3.8) is 0 Å². The molecule has 298 valence electrons. The molecule has 0 spiro atoms. The van der Waals surface area contributed by atoms with Crippen LogP contribution in [0.5, 0.6) is 0 Å². The molecule has 6 rings (SSSR count). The van der Waals surface area contributed by atoms with Crippen LogP contribution in [0.15, 0.2) is 28.5 Å². The molecular formula is C41H63NO11. The van der Waals surface area contributed by atoms with Crippen LogP contribution in [0.25, 0.3) is 0 Å². The minimum Gasteiger partial charge on any atom is -0.462 e. The third-order valence-corrected chi connectivity index (χ3v) is 13.2. The van der Waals surface area contributed by atoms with E-state index in [9.17, 15) is 14.5 Å². The predicted molar refractivity (Wildman–Crippen MR) is 196 cm³/mol. The average molecular weight is 746 g/mol. The number of carbonyl (C=O) groups is 2. The molecular weight excluding hydrogens is 682 g/mol. The average Bonchev–Trinajstić information content (AvgIpc) is 3.72. The minimum absolute atomic E-state index is 0.00820. The highest BCUT2D eigenvalue weighted by Crippen LogP contribution is 2.56. The Bertz CT molecular complexity index is 1350. The number of Topliss-reactive ketones (excluding diaryl/α,β-unsaturated/α-hetero) is 1. The van der Waals surface area contributed by atoms with E-state index in [1.54, 1.807) is 14.2 Å². The van der Waals surface area contributed by atoms with E-state index >= 15 is 0 Å². The standard InChI is InChI=1S/C41H63NO11/c1-9-25-12-11-13-34(53-36-15-14-33(42-45)23(5)49-36)22(4)37(44)32-19-30-28(31(32)20-35(43)51-25)16-21(3)27-17-26(18-29(27)30)52-41-40(47-8)39(48-10-2)38(46-7)24(6)50-41/h16,19,22-31,33-34,36,38-41H,9-15,17-18,20H2,1-8H3/t22-,23-,24+,25+,26-,27+,28-,29-,30-,31+,33+,34+,36+,38+,39-,40-,41?/m1/s1. The summed E-state index contributed by atoms with van der Waals surface area (Å²) < 4.78 is 49.7. The van der Waals surface area contributed by atoms with Crippen molar-refractivity contribution in [2.45, 2.75) is 167 Å². The van der Waals surface area contributed by atoms with Gasteiger partial charge in [0.25, 0.3) is 0 Å². The summed E-state index contributed by atoms with van der Waals surface area (Å²) >= 11 is 0. The summed E-state index contributed by atoms with van der Waals surface area (Å²) in [4.78, 5) is 39.5. The van der Waals surface area contributed by atoms with Crippen molar-refractivity contribution in [1.82, 2.24) is 0 Å². The molecule has 0 amide bonds. The molecule has 0 bridgehead atoms. The predicted octanol–water partition coefficient (Wildman–Crippen LogP) is 6.47. The molecule has 0 N–H and O–H groups in total. The summed E-state index contributed by atoms with van der Waals surface area (Å²) in [6.45, 7) is 12.5. The number of rotatable bonds is 10. The van der Waals surface area contributed by atoms with Crippen molar-refractivity contribution in [2.75, 3.05) is 20.8 Å². The second-order valence-electron chi connectivity index (χ2n) is 16.3. The SMILES string of the molecule is CCO[C@@H]1[C@@H](OC)[C@H](C)OC(O[C@H]2C[C@H]3[C@@H]4C=C5C(=O)[C@H](C)[C@@H](O[C@H]6CC[C@H](N=O)[C@@H](C)O6)CCC[C@H](CC)OC(=O)C[C@H]5[C@@H]4C=C(C)[C@@H]3C2)[C@@H]1OC. The second kappa shape index (κ2) is 17.8. The Kier molecular flexibility index (Phi) is 13.6. The molecule has 3 saturated heterocycles. The number of nitroso groups, excluding NO2 is 1. The van der Waals surface area contributed by atoms with Crippen LogP contribution in [0.2, 0.25) is 0 Å². The maximum atomic E-state index is 14.7. The minimum atomic E-state index is -0.613. The van der Waals surface area contributed by atoms with Crippen LogP contribution in [0.3, 0.4) is 0 Å². The van der Waals surface area contributed by atoms with Crippen LogP contribution in [0.4, 0.5) is 0 Å². The number of hydrogen-bond donors (Lipinski definition) is 0. The molecule has 0 radical (unpaired) electrons. The smallest absolute Gasteiger partial charge is 0.306 e. The van der Waals surface area contributed by atoms with Crippen LogP contribution >= 0.6 is 0 Å². The molecule has 6 aliphatic rings. The number of hydrogen-bond acceptors (Lipinski definition) is 12. The van der Waals surface area contributed by atoms with Crippen LogP contribution in [-0.4, -0.2) is 100 Å². The second-order valence-corrected chi connectivity index (χ2v) is 16.3. The first-order valence-electron chi connectivity index (χ1n) is 20.3. The Morgan fingerprint density at radius 2 is 1.62 bits per heavy atom. The van der Waals surface area contributed by atoms with Gasteiger partial charge < -0.3 is 37.9 Å². The van der Waals surface area contributed by atoms with E-state index in [0.717, 1.165) is 31.3 Å². The Labute approximate surface area is 315 Å². The Morgan fingerprint density at radius 3 is 2.30 bits per heavy atom. The third-order valence-electron chi connectivity index (χ3n) is 13.2. The number of nitrogens with zero attached hydrogens (tertiary/aromatic N) is 1. The lowest BCUT2D eigenvalue weighted by Gasteiger charge is -2.44. The molecule has 1 saturated carbocycles. The number of ketones is 1. The van der Waals surface area contributed by atoms with E-state index in [2.05, 4.69) is 24.3 Å². The van der Waals surface area contributed by atoms with E-state index in [1.807, 2.05) is 34.6 Å². The fourth-order valence-corrected chi connectivity index (χ4v) is 10.3. The quantitative estimate of drug-likeness (QED) is 0.138. The summed E-state index contributed by atoms with van der Waals surface area (Å²) in [7, 11) is 3.32. The number of methoxy groups -OCH3 is 2. The molecule has 12 nitrogen and oxygen atoms in total. The largest absolute Gasteiger partial charge is 0.462 e. The molecule has 3 aliphatic carbocycles. The molecule has 17 atom stereocenters. The van der Waals surface area contributed by atoms with E-state index < -0.39 is 30.6 Å². The molecule has 0 aromatic rings. The topological polar surface area (TPSA) is 137 Å². The van der Waals surface area contributed by atoms with Crippen molar-refractivity contribution in [2.24, 2.45) is 40.7 Å². The zero-order valence-corrected chi connectivity index (χ0v) is 33.0. The van der Waals surface area contributed by atoms with Gasteiger partial charge in [0.15, 0.2) is 18.4 Å². The van der Waals surface area contributed by atoms with Gasteiger partial charge in [-0.05, 0) is 102 Å². The fraction of sp³-hybridized carbons (Fsp3) is 0.854. The van der Waals surface area contributed by atoms with E-state index in [0.29, 0.717) is 32.3 Å². The van der Waals surface area contributed by atoms with Crippen LogP contribution in [0.1, 0.15) is 99.3 Å². The lowest BCUT2D eigenvalue weighted by atomic mass is 9.67. The fourth-order valence-electron chi connectivity index (χ4n) is 10.3. The van der Waals surface area contributed by atoms with Crippen molar-refractivity contribution in [3.05, 3.63) is 28.2 Å². The normalized spacial score (nSPS) is 45.1. The number of carbonyl (C=O) groups excluding carboxylic acids is 2. The van der Waals surface area contributed by atoms with Gasteiger partial charge in [-0.3, -0.25) is 9.59 Å². The third kappa shape index (κ3) is 8.54. The van der Waals surface area contributed by atoms with Crippen LogP contribution < -0.4 is 0 Å². The van der Waals surface area contributed by atoms with Gasteiger partial charge in [-0.25, -0.2) is 0 Å². The van der Waals surface area contributed by atoms with E-state index in [-0.39, 0.29) is 90.5 Å². The number of fused-ring (bicyclic) bond motifs is 5. The van der Waals surface area contributed by atoms with Gasteiger partial charge in [0, 0.05) is 39.1 Å². The molecule has 4 fully saturated rings. The molecule has 12 heteroatoms. The summed E-state index contributed by atoms with van der Waals surface area (Å²) in [6, 6.07) is -0.394. The number of esters is 1. The summed E-state index contributed by atoms with van der Waals surface area (Å²) in [5, 5.41) is 3.22. The zero-order valence-electron chi connectivity index (χ0n) is 33.0. The first-order valence-corrected chi connectivity index (χ1v) is 20.3. The summed E-state index contributed by atoms with van der Waals surface area (Å²) in [5.41, 5.74) is 2.00. The Morgan fingerprint density at radius 1 is 0.849 bits per heavy atom. The first kappa shape index (κ1) is 40.6. The molecule has 3 aliphatic heterocycles. The van der Waals surface area contributed by atoms with Gasteiger partial charge in [0.05, 0.1) is 30.8 Å². The maximum Gasteiger partial charge on any atom is 0.306 e. The van der Waals surface area contributed by atoms with Crippen molar-refractivity contribution in [1.29, 1.82) is 0 Å². The van der Waals surface area contributed by atoms with Gasteiger partial charge >= 0.3 is 5.97 Å². The van der Waals surface area contributed by atoms with E-state index in [4.69, 9.17) is 37.9 Å². The molecule has 1 unspecified atom stereocenters.